The Morgan fingerprint density at radius 1 is 1.16 bits per heavy atom. The van der Waals surface area contributed by atoms with Crippen molar-refractivity contribution in [1.29, 1.82) is 0 Å². The number of ether oxygens (including phenoxy) is 2. The first-order valence-corrected chi connectivity index (χ1v) is 10.0. The molecule has 10 heteroatoms. The Morgan fingerprint density at radius 2 is 1.91 bits per heavy atom. The summed E-state index contributed by atoms with van der Waals surface area (Å²) in [4.78, 5) is 12.8. The molecule has 0 aliphatic carbocycles. The molecular weight excluding hydrogens is 447 g/mol. The lowest BCUT2D eigenvalue weighted by Gasteiger charge is -2.26. The number of amides is 1. The fourth-order valence-corrected chi connectivity index (χ4v) is 3.59. The maximum absolute atomic E-state index is 13.9. The first-order valence-electron chi connectivity index (χ1n) is 9.66. The van der Waals surface area contributed by atoms with Gasteiger partial charge in [0, 0.05) is 17.0 Å². The molecular formula is C22H19ClF3N3O3. The van der Waals surface area contributed by atoms with E-state index in [1.54, 1.807) is 12.1 Å². The van der Waals surface area contributed by atoms with Crippen molar-refractivity contribution in [2.24, 2.45) is 0 Å². The third kappa shape index (κ3) is 4.25. The Morgan fingerprint density at radius 3 is 2.62 bits per heavy atom. The van der Waals surface area contributed by atoms with Gasteiger partial charge in [-0.2, -0.15) is 18.3 Å². The van der Waals surface area contributed by atoms with Gasteiger partial charge in [-0.05, 0) is 35.9 Å². The second kappa shape index (κ2) is 8.05. The number of hydrogen-bond donors (Lipinski definition) is 1. The molecule has 0 fully saturated rings. The number of nitrogens with zero attached hydrogens (tertiary/aromatic N) is 2. The van der Waals surface area contributed by atoms with E-state index in [1.165, 1.54) is 24.3 Å². The van der Waals surface area contributed by atoms with Gasteiger partial charge in [0.2, 0.25) is 6.79 Å². The summed E-state index contributed by atoms with van der Waals surface area (Å²) in [7, 11) is 0. The lowest BCUT2D eigenvalue weighted by atomic mass is 9.84. The van der Waals surface area contributed by atoms with Crippen molar-refractivity contribution in [3.63, 3.8) is 0 Å². The summed E-state index contributed by atoms with van der Waals surface area (Å²) in [5, 5.41) is 6.66. The molecule has 0 unspecified atom stereocenters. The van der Waals surface area contributed by atoms with Crippen LogP contribution in [0.5, 0.6) is 11.5 Å². The summed E-state index contributed by atoms with van der Waals surface area (Å²) in [6.07, 6.45) is -3.90. The van der Waals surface area contributed by atoms with Crippen LogP contribution in [0.15, 0.2) is 48.7 Å². The molecule has 32 heavy (non-hydrogen) atoms. The number of hydrogen-bond acceptors (Lipinski definition) is 4. The van der Waals surface area contributed by atoms with Gasteiger partial charge in [-0.15, -0.1) is 0 Å². The largest absolute Gasteiger partial charge is 0.454 e. The van der Waals surface area contributed by atoms with Crippen LogP contribution >= 0.6 is 11.6 Å². The number of nitrogens with one attached hydrogen (secondary N) is 1. The van der Waals surface area contributed by atoms with Crippen molar-refractivity contribution in [1.82, 2.24) is 15.1 Å². The second-order valence-electron chi connectivity index (χ2n) is 7.93. The van der Waals surface area contributed by atoms with Crippen LogP contribution in [-0.4, -0.2) is 29.0 Å². The van der Waals surface area contributed by atoms with Gasteiger partial charge in [0.15, 0.2) is 17.2 Å². The highest BCUT2D eigenvalue weighted by molar-refractivity contribution is 6.30. The van der Waals surface area contributed by atoms with Crippen molar-refractivity contribution in [3.8, 4) is 17.2 Å². The van der Waals surface area contributed by atoms with Gasteiger partial charge in [0.05, 0.1) is 17.4 Å². The highest BCUT2D eigenvalue weighted by atomic mass is 35.5. The van der Waals surface area contributed by atoms with E-state index in [2.05, 4.69) is 10.4 Å². The van der Waals surface area contributed by atoms with E-state index in [9.17, 15) is 18.0 Å². The predicted octanol–water partition coefficient (Wildman–Crippen LogP) is 4.98. The molecule has 2 aromatic carbocycles. The average Bonchev–Trinajstić information content (AvgIpc) is 3.38. The number of fused-ring (bicyclic) bond motifs is 1. The second-order valence-corrected chi connectivity index (χ2v) is 8.37. The summed E-state index contributed by atoms with van der Waals surface area (Å²) in [6, 6.07) is 11.2. The van der Waals surface area contributed by atoms with Crippen LogP contribution in [-0.2, 0) is 11.6 Å². The molecule has 1 aliphatic rings. The fourth-order valence-electron chi connectivity index (χ4n) is 3.41. The summed E-state index contributed by atoms with van der Waals surface area (Å²) in [6.45, 7) is 3.95. The van der Waals surface area contributed by atoms with Crippen LogP contribution in [0.25, 0.3) is 5.69 Å². The van der Waals surface area contributed by atoms with E-state index in [4.69, 9.17) is 21.1 Å². The summed E-state index contributed by atoms with van der Waals surface area (Å²) in [5.74, 6) is 0.334. The third-order valence-corrected chi connectivity index (χ3v) is 5.42. The number of rotatable bonds is 5. The minimum Gasteiger partial charge on any atom is -0.454 e. The zero-order chi connectivity index (χ0) is 23.1. The molecule has 0 bridgehead atoms. The lowest BCUT2D eigenvalue weighted by molar-refractivity contribution is -0.143. The highest BCUT2D eigenvalue weighted by Crippen LogP contribution is 2.37. The predicted molar refractivity (Wildman–Crippen MR) is 112 cm³/mol. The zero-order valence-corrected chi connectivity index (χ0v) is 17.9. The van der Waals surface area contributed by atoms with Gasteiger partial charge in [-0.3, -0.25) is 4.79 Å². The van der Waals surface area contributed by atoms with Crippen LogP contribution in [0.2, 0.25) is 5.02 Å². The van der Waals surface area contributed by atoms with Gasteiger partial charge in [0.1, 0.15) is 0 Å². The van der Waals surface area contributed by atoms with Crippen LogP contribution in [0.3, 0.4) is 0 Å². The van der Waals surface area contributed by atoms with Gasteiger partial charge in [-0.25, -0.2) is 4.68 Å². The van der Waals surface area contributed by atoms with E-state index < -0.39 is 28.8 Å². The van der Waals surface area contributed by atoms with Crippen molar-refractivity contribution in [2.75, 3.05) is 13.3 Å². The molecule has 1 aliphatic heterocycles. The Balaban J connectivity index is 1.58. The smallest absolute Gasteiger partial charge is 0.434 e. The molecule has 1 aromatic heterocycles. The van der Waals surface area contributed by atoms with Crippen LogP contribution in [0, 0.1) is 0 Å². The van der Waals surface area contributed by atoms with Crippen LogP contribution < -0.4 is 14.8 Å². The molecule has 0 saturated carbocycles. The summed E-state index contributed by atoms with van der Waals surface area (Å²) < 4.78 is 52.9. The summed E-state index contributed by atoms with van der Waals surface area (Å²) in [5.41, 5.74) is -1.38. The van der Waals surface area contributed by atoms with E-state index in [0.29, 0.717) is 16.2 Å². The molecule has 1 amide bonds. The Hall–Kier alpha value is -3.20. The number of alkyl halides is 3. The van der Waals surface area contributed by atoms with Crippen molar-refractivity contribution in [2.45, 2.75) is 25.4 Å². The number of carbonyl (C=O) groups is 1. The summed E-state index contributed by atoms with van der Waals surface area (Å²) >= 11 is 5.91. The maximum Gasteiger partial charge on any atom is 0.434 e. The molecule has 0 radical (unpaired) electrons. The average molecular weight is 466 g/mol. The Kier molecular flexibility index (Phi) is 5.54. The molecule has 6 nitrogen and oxygen atoms in total. The van der Waals surface area contributed by atoms with E-state index in [1.807, 2.05) is 19.9 Å². The SMILES string of the molecule is CC(C)(CNC(=O)c1cnn(-c2cccc(Cl)c2)c1C(F)(F)F)c1ccc2c(c1)OCO2. The molecule has 3 aromatic rings. The third-order valence-electron chi connectivity index (χ3n) is 5.18. The van der Waals surface area contributed by atoms with E-state index >= 15 is 0 Å². The van der Waals surface area contributed by atoms with Gasteiger partial charge >= 0.3 is 6.18 Å². The van der Waals surface area contributed by atoms with Gasteiger partial charge in [0.25, 0.3) is 5.91 Å². The molecule has 0 saturated heterocycles. The zero-order valence-electron chi connectivity index (χ0n) is 17.2. The van der Waals surface area contributed by atoms with Crippen LogP contribution in [0.4, 0.5) is 13.2 Å². The lowest BCUT2D eigenvalue weighted by Crippen LogP contribution is -2.37. The fraction of sp³-hybridized carbons (Fsp3) is 0.273. The normalized spacial score (nSPS) is 13.3. The first-order chi connectivity index (χ1) is 15.1. The molecule has 168 valence electrons. The molecule has 0 spiro atoms. The molecule has 0 atom stereocenters. The Bertz CT molecular complexity index is 1170. The Labute approximate surface area is 186 Å². The molecule has 4 rings (SSSR count). The number of carbonyl (C=O) groups excluding carboxylic acids is 1. The van der Waals surface area contributed by atoms with E-state index in [-0.39, 0.29) is 24.0 Å². The van der Waals surface area contributed by atoms with Crippen molar-refractivity contribution >= 4 is 17.5 Å². The van der Waals surface area contributed by atoms with Crippen molar-refractivity contribution in [3.05, 3.63) is 70.5 Å². The van der Waals surface area contributed by atoms with Crippen LogP contribution in [0.1, 0.15) is 35.5 Å². The van der Waals surface area contributed by atoms with Gasteiger partial charge in [-0.1, -0.05) is 37.6 Å². The van der Waals surface area contributed by atoms with E-state index in [0.717, 1.165) is 11.8 Å². The monoisotopic (exact) mass is 465 g/mol. The first kappa shape index (κ1) is 22.0. The van der Waals surface area contributed by atoms with Gasteiger partial charge < -0.3 is 14.8 Å². The molecule has 1 N–H and O–H groups in total. The number of benzene rings is 2. The quantitative estimate of drug-likeness (QED) is 0.577. The molecule has 2 heterocycles. The standard InChI is InChI=1S/C22H19ClF3N3O3/c1-21(2,13-6-7-17-18(8-13)32-12-31-17)11-27-20(30)16-10-28-29(19(16)22(24,25)26)15-5-3-4-14(23)9-15/h3-10H,11-12H2,1-2H3,(H,27,30). The minimum atomic E-state index is -4.81. The minimum absolute atomic E-state index is 0.0884. The maximum atomic E-state index is 13.9. The number of aromatic nitrogens is 2. The number of halogens is 4. The van der Waals surface area contributed by atoms with Crippen molar-refractivity contribution < 1.29 is 27.4 Å². The topological polar surface area (TPSA) is 65.4 Å². The highest BCUT2D eigenvalue weighted by Gasteiger charge is 2.41.